The summed E-state index contributed by atoms with van der Waals surface area (Å²) in [6.45, 7) is 0. The van der Waals surface area contributed by atoms with E-state index in [9.17, 15) is 0 Å². The largest absolute Gasteiger partial charge is 0.465 e. The van der Waals surface area contributed by atoms with Crippen LogP contribution in [-0.4, -0.2) is 21.1 Å². The Kier molecular flexibility index (Phi) is 4.76. The number of H-pyrrole nitrogens is 1. The van der Waals surface area contributed by atoms with Gasteiger partial charge in [-0.1, -0.05) is 23.2 Å². The van der Waals surface area contributed by atoms with Gasteiger partial charge in [-0.3, -0.25) is 0 Å². The molecule has 0 saturated heterocycles. The molecule has 0 aliphatic heterocycles. The number of nitrogens with one attached hydrogen (secondary N) is 1. The summed E-state index contributed by atoms with van der Waals surface area (Å²) in [7, 11) is 0. The molecule has 0 unspecified atom stereocenters. The SMILES string of the molecule is S=c1[nH]nc(-c2ccc(Cl)cc2Cl)n1N=CC=Cc1ccco1. The summed E-state index contributed by atoms with van der Waals surface area (Å²) in [5, 5.41) is 12.2. The van der Waals surface area contributed by atoms with Crippen molar-refractivity contribution in [3.05, 3.63) is 63.2 Å². The third-order valence-electron chi connectivity index (χ3n) is 2.89. The van der Waals surface area contributed by atoms with Crippen LogP contribution in [0.1, 0.15) is 5.76 Å². The van der Waals surface area contributed by atoms with Crippen LogP contribution < -0.4 is 0 Å². The Labute approximate surface area is 146 Å². The third kappa shape index (κ3) is 3.61. The first kappa shape index (κ1) is 15.7. The van der Waals surface area contributed by atoms with E-state index in [4.69, 9.17) is 39.8 Å². The van der Waals surface area contributed by atoms with Gasteiger partial charge in [0.15, 0.2) is 5.82 Å². The van der Waals surface area contributed by atoms with E-state index in [1.54, 1.807) is 42.8 Å². The van der Waals surface area contributed by atoms with Crippen LogP contribution in [0.2, 0.25) is 10.0 Å². The zero-order chi connectivity index (χ0) is 16.2. The second-order valence-corrected chi connectivity index (χ2v) is 5.66. The lowest BCUT2D eigenvalue weighted by molar-refractivity contribution is 0.557. The second-order valence-electron chi connectivity index (χ2n) is 4.43. The number of hydrogen-bond acceptors (Lipinski definition) is 4. The van der Waals surface area contributed by atoms with Gasteiger partial charge in [0, 0.05) is 16.8 Å². The van der Waals surface area contributed by atoms with E-state index in [1.165, 1.54) is 4.68 Å². The molecule has 8 heteroatoms. The maximum atomic E-state index is 6.21. The minimum Gasteiger partial charge on any atom is -0.465 e. The minimum absolute atomic E-state index is 0.355. The molecule has 3 rings (SSSR count). The van der Waals surface area contributed by atoms with E-state index in [0.29, 0.717) is 26.2 Å². The van der Waals surface area contributed by atoms with Gasteiger partial charge in [0.25, 0.3) is 0 Å². The van der Waals surface area contributed by atoms with Crippen LogP contribution in [0.4, 0.5) is 0 Å². The molecule has 1 N–H and O–H groups in total. The molecule has 0 aliphatic carbocycles. The van der Waals surface area contributed by atoms with Gasteiger partial charge in [-0.25, -0.2) is 5.10 Å². The topological polar surface area (TPSA) is 59.1 Å². The monoisotopic (exact) mass is 364 g/mol. The molecule has 0 radical (unpaired) electrons. The normalized spacial score (nSPS) is 11.7. The van der Waals surface area contributed by atoms with Gasteiger partial charge in [0.2, 0.25) is 4.77 Å². The van der Waals surface area contributed by atoms with Crippen molar-refractivity contribution in [2.24, 2.45) is 5.10 Å². The lowest BCUT2D eigenvalue weighted by Gasteiger charge is -2.03. The maximum absolute atomic E-state index is 6.21. The maximum Gasteiger partial charge on any atom is 0.216 e. The molecule has 1 aromatic carbocycles. The van der Waals surface area contributed by atoms with Crippen molar-refractivity contribution in [2.45, 2.75) is 0 Å². The van der Waals surface area contributed by atoms with Crippen LogP contribution >= 0.6 is 35.4 Å². The standard InChI is InChI=1S/C15H10Cl2N4OS/c16-10-5-6-12(13(17)9-10)14-19-20-15(23)21(14)18-7-1-3-11-4-2-8-22-11/h1-9H,(H,20,23). The van der Waals surface area contributed by atoms with Crippen molar-refractivity contribution >= 4 is 47.7 Å². The molecule has 0 amide bonds. The molecule has 5 nitrogen and oxygen atoms in total. The molecule has 0 spiro atoms. The molecule has 116 valence electrons. The molecule has 2 heterocycles. The molecule has 0 atom stereocenters. The van der Waals surface area contributed by atoms with Crippen molar-refractivity contribution in [3.8, 4) is 11.4 Å². The van der Waals surface area contributed by atoms with Crippen LogP contribution in [0.5, 0.6) is 0 Å². The molecule has 3 aromatic rings. The average Bonchev–Trinajstić information content (AvgIpc) is 3.15. The number of halogens is 2. The summed E-state index contributed by atoms with van der Waals surface area (Å²) in [5.74, 6) is 1.23. The number of aromatic nitrogens is 3. The van der Waals surface area contributed by atoms with Crippen LogP contribution in [0.3, 0.4) is 0 Å². The van der Waals surface area contributed by atoms with Gasteiger partial charge in [-0.05, 0) is 54.7 Å². The van der Waals surface area contributed by atoms with E-state index < -0.39 is 0 Å². The number of benzene rings is 1. The summed E-state index contributed by atoms with van der Waals surface area (Å²) in [6.07, 6.45) is 6.70. The lowest BCUT2D eigenvalue weighted by Crippen LogP contribution is -1.94. The Bertz CT molecular complexity index is 925. The highest BCUT2D eigenvalue weighted by atomic mass is 35.5. The Balaban J connectivity index is 1.91. The highest BCUT2D eigenvalue weighted by Crippen LogP contribution is 2.29. The molecular formula is C15H10Cl2N4OS. The van der Waals surface area contributed by atoms with Gasteiger partial charge in [0.05, 0.1) is 11.3 Å². The van der Waals surface area contributed by atoms with Crippen molar-refractivity contribution in [1.29, 1.82) is 0 Å². The van der Waals surface area contributed by atoms with Gasteiger partial charge < -0.3 is 4.42 Å². The summed E-state index contributed by atoms with van der Waals surface area (Å²) in [5.41, 5.74) is 0.676. The average molecular weight is 365 g/mol. The Morgan fingerprint density at radius 1 is 1.30 bits per heavy atom. The smallest absolute Gasteiger partial charge is 0.216 e. The summed E-state index contributed by atoms with van der Waals surface area (Å²) >= 11 is 17.3. The molecule has 23 heavy (non-hydrogen) atoms. The zero-order valence-electron chi connectivity index (χ0n) is 11.6. The molecule has 0 aliphatic rings. The minimum atomic E-state index is 0.355. The first-order valence-corrected chi connectivity index (χ1v) is 7.69. The predicted octanol–water partition coefficient (Wildman–Crippen LogP) is 5.05. The van der Waals surface area contributed by atoms with Crippen molar-refractivity contribution < 1.29 is 4.42 Å². The van der Waals surface area contributed by atoms with E-state index in [2.05, 4.69) is 15.3 Å². The summed E-state index contributed by atoms with van der Waals surface area (Å²) in [4.78, 5) is 0. The van der Waals surface area contributed by atoms with E-state index >= 15 is 0 Å². The van der Waals surface area contributed by atoms with Crippen LogP contribution in [0.25, 0.3) is 17.5 Å². The van der Waals surface area contributed by atoms with Gasteiger partial charge >= 0.3 is 0 Å². The van der Waals surface area contributed by atoms with Crippen molar-refractivity contribution in [3.63, 3.8) is 0 Å². The Morgan fingerprint density at radius 2 is 2.17 bits per heavy atom. The number of furan rings is 1. The highest BCUT2D eigenvalue weighted by Gasteiger charge is 2.12. The number of hydrogen-bond donors (Lipinski definition) is 1. The summed E-state index contributed by atoms with van der Waals surface area (Å²) in [6, 6.07) is 8.78. The Hall–Kier alpha value is -2.15. The highest BCUT2D eigenvalue weighted by molar-refractivity contribution is 7.71. The van der Waals surface area contributed by atoms with E-state index in [1.807, 2.05) is 12.1 Å². The van der Waals surface area contributed by atoms with Crippen molar-refractivity contribution in [2.75, 3.05) is 0 Å². The number of allylic oxidation sites excluding steroid dienone is 1. The molecule has 0 bridgehead atoms. The first-order valence-electron chi connectivity index (χ1n) is 6.52. The number of aromatic amines is 1. The zero-order valence-corrected chi connectivity index (χ0v) is 13.9. The predicted molar refractivity (Wildman–Crippen MR) is 94.5 cm³/mol. The Morgan fingerprint density at radius 3 is 2.91 bits per heavy atom. The van der Waals surface area contributed by atoms with Gasteiger partial charge in [-0.15, -0.1) is 0 Å². The first-order chi connectivity index (χ1) is 11.1. The van der Waals surface area contributed by atoms with Crippen LogP contribution in [0.15, 0.2) is 52.2 Å². The molecule has 0 saturated carbocycles. The van der Waals surface area contributed by atoms with Crippen molar-refractivity contribution in [1.82, 2.24) is 14.9 Å². The third-order valence-corrected chi connectivity index (χ3v) is 3.71. The molecular weight excluding hydrogens is 355 g/mol. The fraction of sp³-hybridized carbons (Fsp3) is 0. The van der Waals surface area contributed by atoms with Crippen LogP contribution in [-0.2, 0) is 0 Å². The molecule has 2 aromatic heterocycles. The van der Waals surface area contributed by atoms with Gasteiger partial charge in [0.1, 0.15) is 5.76 Å². The lowest BCUT2D eigenvalue weighted by atomic mass is 10.2. The molecule has 0 fully saturated rings. The summed E-state index contributed by atoms with van der Waals surface area (Å²) < 4.78 is 7.03. The van der Waals surface area contributed by atoms with Gasteiger partial charge in [-0.2, -0.15) is 14.9 Å². The fourth-order valence-electron chi connectivity index (χ4n) is 1.87. The number of nitrogens with zero attached hydrogens (tertiary/aromatic N) is 3. The van der Waals surface area contributed by atoms with E-state index in [-0.39, 0.29) is 0 Å². The fourth-order valence-corrected chi connectivity index (χ4v) is 2.55. The number of rotatable bonds is 4. The quantitative estimate of drug-likeness (QED) is 0.520. The van der Waals surface area contributed by atoms with E-state index in [0.717, 1.165) is 5.76 Å². The second kappa shape index (κ2) is 6.95. The van der Waals surface area contributed by atoms with Crippen LogP contribution in [0, 0.1) is 4.77 Å².